The minimum atomic E-state index is -4.21. The van der Waals surface area contributed by atoms with Gasteiger partial charge in [0.1, 0.15) is 17.4 Å². The number of hydrogen-bond acceptors (Lipinski definition) is 3. The maximum absolute atomic E-state index is 12.7. The second-order valence-corrected chi connectivity index (χ2v) is 4.53. The van der Waals surface area contributed by atoms with E-state index in [2.05, 4.69) is 5.32 Å². The Morgan fingerprint density at radius 2 is 2.11 bits per heavy atom. The van der Waals surface area contributed by atoms with E-state index in [1.54, 1.807) is 24.3 Å². The van der Waals surface area contributed by atoms with Crippen LogP contribution < -0.4 is 10.1 Å². The van der Waals surface area contributed by atoms with Gasteiger partial charge in [-0.3, -0.25) is 5.32 Å². The van der Waals surface area contributed by atoms with Gasteiger partial charge in [0, 0.05) is 6.54 Å². The Kier molecular flexibility index (Phi) is 3.67. The molecule has 19 heavy (non-hydrogen) atoms. The fourth-order valence-corrected chi connectivity index (χ4v) is 1.82. The average Bonchev–Trinajstić information content (AvgIpc) is 3.15. The highest BCUT2D eigenvalue weighted by Crippen LogP contribution is 2.49. The molecule has 1 saturated carbocycles. The fourth-order valence-electron chi connectivity index (χ4n) is 1.82. The fraction of sp³-hybridized carbons (Fsp3) is 0.462. The highest BCUT2D eigenvalue weighted by atomic mass is 19.4. The SMILES string of the molecule is N#CCOc1cccc(CNC2(C(F)(F)F)CC2)c1. The van der Waals surface area contributed by atoms with Crippen LogP contribution in [0.4, 0.5) is 13.2 Å². The van der Waals surface area contributed by atoms with E-state index in [9.17, 15) is 13.2 Å². The Morgan fingerprint density at radius 1 is 1.37 bits per heavy atom. The number of benzene rings is 1. The molecule has 0 aliphatic heterocycles. The number of ether oxygens (including phenoxy) is 1. The summed E-state index contributed by atoms with van der Waals surface area (Å²) >= 11 is 0. The van der Waals surface area contributed by atoms with Crippen molar-refractivity contribution >= 4 is 0 Å². The van der Waals surface area contributed by atoms with Crippen molar-refractivity contribution in [1.29, 1.82) is 5.26 Å². The predicted octanol–water partition coefficient (Wildman–Crippen LogP) is 2.77. The molecule has 1 N–H and O–H groups in total. The summed E-state index contributed by atoms with van der Waals surface area (Å²) in [6, 6.07) is 8.55. The van der Waals surface area contributed by atoms with E-state index in [0.717, 1.165) is 0 Å². The standard InChI is InChI=1S/C13H13F3N2O/c14-13(15,16)12(4-5-12)18-9-10-2-1-3-11(8-10)19-7-6-17/h1-3,8,18H,4-5,7,9H2. The average molecular weight is 270 g/mol. The maximum Gasteiger partial charge on any atom is 0.406 e. The Labute approximate surface area is 109 Å². The third-order valence-electron chi connectivity index (χ3n) is 3.13. The highest BCUT2D eigenvalue weighted by molar-refractivity contribution is 5.29. The summed E-state index contributed by atoms with van der Waals surface area (Å²) in [5.41, 5.74) is -1.01. The molecule has 1 fully saturated rings. The van der Waals surface area contributed by atoms with Crippen molar-refractivity contribution in [2.24, 2.45) is 0 Å². The summed E-state index contributed by atoms with van der Waals surface area (Å²) in [6.45, 7) is 0.0482. The first-order valence-corrected chi connectivity index (χ1v) is 5.87. The minimum Gasteiger partial charge on any atom is -0.479 e. The van der Waals surface area contributed by atoms with Gasteiger partial charge in [-0.1, -0.05) is 12.1 Å². The van der Waals surface area contributed by atoms with Crippen LogP contribution >= 0.6 is 0 Å². The zero-order valence-corrected chi connectivity index (χ0v) is 10.1. The largest absolute Gasteiger partial charge is 0.479 e. The van der Waals surface area contributed by atoms with E-state index in [1.807, 2.05) is 6.07 Å². The normalized spacial score (nSPS) is 16.7. The van der Waals surface area contributed by atoms with E-state index in [4.69, 9.17) is 10.00 Å². The Bertz CT molecular complexity index is 489. The van der Waals surface area contributed by atoms with Crippen molar-refractivity contribution in [1.82, 2.24) is 5.32 Å². The lowest BCUT2D eigenvalue weighted by molar-refractivity contribution is -0.166. The van der Waals surface area contributed by atoms with Gasteiger partial charge in [0.25, 0.3) is 0 Å². The second-order valence-electron chi connectivity index (χ2n) is 4.53. The lowest BCUT2D eigenvalue weighted by atomic mass is 10.2. The number of nitrogens with zero attached hydrogens (tertiary/aromatic N) is 1. The predicted molar refractivity (Wildman–Crippen MR) is 62.4 cm³/mol. The van der Waals surface area contributed by atoms with Crippen LogP contribution in [-0.2, 0) is 6.54 Å². The first-order chi connectivity index (χ1) is 8.97. The zero-order valence-electron chi connectivity index (χ0n) is 10.1. The summed E-state index contributed by atoms with van der Waals surface area (Å²) in [6.07, 6.45) is -3.95. The second kappa shape index (κ2) is 5.10. The topological polar surface area (TPSA) is 45.0 Å². The number of rotatable bonds is 5. The van der Waals surface area contributed by atoms with Crippen molar-refractivity contribution in [2.75, 3.05) is 6.61 Å². The molecule has 0 radical (unpaired) electrons. The van der Waals surface area contributed by atoms with Crippen molar-refractivity contribution in [3.63, 3.8) is 0 Å². The van der Waals surface area contributed by atoms with Gasteiger partial charge in [-0.2, -0.15) is 18.4 Å². The summed E-state index contributed by atoms with van der Waals surface area (Å²) < 4.78 is 43.3. The molecule has 0 spiro atoms. The Hall–Kier alpha value is -1.74. The third kappa shape index (κ3) is 3.18. The molecular weight excluding hydrogens is 257 g/mol. The molecule has 0 atom stereocenters. The highest BCUT2D eigenvalue weighted by Gasteiger charge is 2.62. The van der Waals surface area contributed by atoms with E-state index in [1.165, 1.54) is 0 Å². The summed E-state index contributed by atoms with van der Waals surface area (Å²) in [5, 5.41) is 11.0. The van der Waals surface area contributed by atoms with Crippen LogP contribution in [0, 0.1) is 11.3 Å². The molecule has 0 amide bonds. The van der Waals surface area contributed by atoms with Crippen LogP contribution in [-0.4, -0.2) is 18.3 Å². The first kappa shape index (κ1) is 13.7. The molecule has 2 rings (SSSR count). The molecule has 6 heteroatoms. The number of halogens is 3. The van der Waals surface area contributed by atoms with Gasteiger partial charge < -0.3 is 4.74 Å². The quantitative estimate of drug-likeness (QED) is 0.894. The smallest absolute Gasteiger partial charge is 0.406 e. The van der Waals surface area contributed by atoms with Crippen molar-refractivity contribution in [3.8, 4) is 11.8 Å². The molecule has 0 heterocycles. The Balaban J connectivity index is 1.95. The monoisotopic (exact) mass is 270 g/mol. The van der Waals surface area contributed by atoms with Gasteiger partial charge in [-0.25, -0.2) is 0 Å². The molecule has 3 nitrogen and oxygen atoms in total. The van der Waals surface area contributed by atoms with Gasteiger partial charge in [-0.15, -0.1) is 0 Å². The molecule has 0 unspecified atom stereocenters. The molecule has 102 valence electrons. The number of alkyl halides is 3. The van der Waals surface area contributed by atoms with Crippen LogP contribution in [0.25, 0.3) is 0 Å². The van der Waals surface area contributed by atoms with Gasteiger partial charge in [-0.05, 0) is 30.5 Å². The van der Waals surface area contributed by atoms with Crippen LogP contribution in [0.15, 0.2) is 24.3 Å². The van der Waals surface area contributed by atoms with Crippen LogP contribution in [0.3, 0.4) is 0 Å². The van der Waals surface area contributed by atoms with Gasteiger partial charge in [0.05, 0.1) is 0 Å². The molecular formula is C13H13F3N2O. The van der Waals surface area contributed by atoms with Crippen LogP contribution in [0.1, 0.15) is 18.4 Å². The van der Waals surface area contributed by atoms with Crippen molar-refractivity contribution in [2.45, 2.75) is 31.1 Å². The molecule has 1 aliphatic rings. The number of hydrogen-bond donors (Lipinski definition) is 1. The first-order valence-electron chi connectivity index (χ1n) is 5.87. The molecule has 0 aromatic heterocycles. The Morgan fingerprint density at radius 3 is 2.68 bits per heavy atom. The van der Waals surface area contributed by atoms with E-state index >= 15 is 0 Å². The zero-order chi connectivity index (χ0) is 13.9. The maximum atomic E-state index is 12.7. The van der Waals surface area contributed by atoms with E-state index in [0.29, 0.717) is 11.3 Å². The minimum absolute atomic E-state index is 0.0800. The molecule has 0 saturated heterocycles. The lowest BCUT2D eigenvalue weighted by Gasteiger charge is -2.20. The van der Waals surface area contributed by atoms with Gasteiger partial charge in [0.2, 0.25) is 0 Å². The molecule has 1 aromatic rings. The summed E-state index contributed by atoms with van der Waals surface area (Å²) in [7, 11) is 0. The third-order valence-corrected chi connectivity index (χ3v) is 3.13. The van der Waals surface area contributed by atoms with Crippen molar-refractivity contribution < 1.29 is 17.9 Å². The molecule has 1 aliphatic carbocycles. The van der Waals surface area contributed by atoms with Crippen LogP contribution in [0.2, 0.25) is 0 Å². The molecule has 0 bridgehead atoms. The van der Waals surface area contributed by atoms with Crippen LogP contribution in [0.5, 0.6) is 5.75 Å². The number of nitriles is 1. The summed E-state index contributed by atoms with van der Waals surface area (Å²) in [5.74, 6) is 0.484. The van der Waals surface area contributed by atoms with Gasteiger partial charge >= 0.3 is 6.18 Å². The summed E-state index contributed by atoms with van der Waals surface area (Å²) in [4.78, 5) is 0. The van der Waals surface area contributed by atoms with Gasteiger partial charge in [0.15, 0.2) is 6.61 Å². The lowest BCUT2D eigenvalue weighted by Crippen LogP contribution is -2.44. The van der Waals surface area contributed by atoms with Crippen molar-refractivity contribution in [3.05, 3.63) is 29.8 Å². The molecule has 1 aromatic carbocycles. The number of nitrogens with one attached hydrogen (secondary N) is 1. The van der Waals surface area contributed by atoms with E-state index < -0.39 is 11.7 Å². The van der Waals surface area contributed by atoms with E-state index in [-0.39, 0.29) is 26.0 Å².